The van der Waals surface area contributed by atoms with E-state index in [1.54, 1.807) is 6.92 Å². The Balaban J connectivity index is 2.20. The highest BCUT2D eigenvalue weighted by molar-refractivity contribution is 5.97. The molecule has 0 aliphatic rings. The molecule has 0 fully saturated rings. The van der Waals surface area contributed by atoms with E-state index in [9.17, 15) is 23.7 Å². The molecule has 2 aromatic rings. The van der Waals surface area contributed by atoms with Gasteiger partial charge in [-0.3, -0.25) is 14.9 Å². The third kappa shape index (κ3) is 3.50. The highest BCUT2D eigenvalue weighted by Crippen LogP contribution is 2.30. The number of nitro benzene ring substituents is 1. The number of hydrogen-bond acceptors (Lipinski definition) is 4. The molecule has 0 aliphatic carbocycles. The summed E-state index contributed by atoms with van der Waals surface area (Å²) in [7, 11) is 0. The van der Waals surface area contributed by atoms with Gasteiger partial charge in [-0.05, 0) is 43.7 Å². The first-order valence-electron chi connectivity index (χ1n) is 6.67. The van der Waals surface area contributed by atoms with Crippen LogP contribution in [0.15, 0.2) is 30.3 Å². The van der Waals surface area contributed by atoms with Gasteiger partial charge in [0, 0.05) is 11.6 Å². The first-order chi connectivity index (χ1) is 10.8. The van der Waals surface area contributed by atoms with Gasteiger partial charge in [-0.2, -0.15) is 0 Å². The lowest BCUT2D eigenvalue weighted by Crippen LogP contribution is -2.13. The second-order valence-corrected chi connectivity index (χ2v) is 4.95. The number of nitrogens with zero attached hydrogens (tertiary/aromatic N) is 1. The van der Waals surface area contributed by atoms with E-state index < -0.39 is 28.9 Å². The number of ether oxygens (including phenoxy) is 1. The summed E-state index contributed by atoms with van der Waals surface area (Å²) in [4.78, 5) is 22.4. The first kappa shape index (κ1) is 16.5. The van der Waals surface area contributed by atoms with Gasteiger partial charge in [0.2, 0.25) is 0 Å². The average Bonchev–Trinajstić information content (AvgIpc) is 2.49. The maximum absolute atomic E-state index is 13.1. The van der Waals surface area contributed by atoms with Crippen LogP contribution in [0.5, 0.6) is 5.75 Å². The largest absolute Gasteiger partial charge is 0.485 e. The summed E-state index contributed by atoms with van der Waals surface area (Å²) in [5.41, 5.74) is 0.773. The maximum Gasteiger partial charge on any atom is 0.276 e. The first-order valence-corrected chi connectivity index (χ1v) is 6.67. The molecule has 0 atom stereocenters. The number of ketones is 1. The van der Waals surface area contributed by atoms with Crippen molar-refractivity contribution in [2.24, 2.45) is 0 Å². The van der Waals surface area contributed by atoms with Gasteiger partial charge in [0.05, 0.1) is 10.5 Å². The number of hydrogen-bond donors (Lipinski definition) is 0. The molecule has 0 radical (unpaired) electrons. The molecule has 0 bridgehead atoms. The number of aryl methyl sites for hydroxylation is 1. The molecule has 23 heavy (non-hydrogen) atoms. The van der Waals surface area contributed by atoms with Crippen LogP contribution in [0.2, 0.25) is 0 Å². The predicted octanol–water partition coefficient (Wildman–Crippen LogP) is 3.75. The average molecular weight is 321 g/mol. The molecular weight excluding hydrogens is 308 g/mol. The van der Waals surface area contributed by atoms with Crippen molar-refractivity contribution in [1.29, 1.82) is 0 Å². The fraction of sp³-hybridized carbons (Fsp3) is 0.188. The minimum atomic E-state index is -1.13. The molecule has 7 heteroatoms. The molecule has 0 heterocycles. The van der Waals surface area contributed by atoms with Crippen molar-refractivity contribution in [2.45, 2.75) is 13.8 Å². The lowest BCUT2D eigenvalue weighted by molar-refractivity contribution is -0.385. The zero-order valence-electron chi connectivity index (χ0n) is 12.4. The number of carbonyl (C=O) groups is 1. The Hall–Kier alpha value is -2.83. The van der Waals surface area contributed by atoms with Gasteiger partial charge in [0.15, 0.2) is 24.0 Å². The lowest BCUT2D eigenvalue weighted by Gasteiger charge is -2.11. The van der Waals surface area contributed by atoms with E-state index in [2.05, 4.69) is 0 Å². The Morgan fingerprint density at radius 1 is 1.17 bits per heavy atom. The molecule has 0 aromatic heterocycles. The van der Waals surface area contributed by atoms with Crippen LogP contribution in [-0.4, -0.2) is 17.3 Å². The van der Waals surface area contributed by atoms with Gasteiger partial charge < -0.3 is 4.74 Å². The van der Waals surface area contributed by atoms with E-state index in [0.717, 1.165) is 18.2 Å². The van der Waals surface area contributed by atoms with Crippen molar-refractivity contribution in [3.8, 4) is 5.75 Å². The molecule has 0 unspecified atom stereocenters. The molecule has 0 amide bonds. The van der Waals surface area contributed by atoms with Crippen LogP contribution in [0.25, 0.3) is 0 Å². The fourth-order valence-electron chi connectivity index (χ4n) is 2.13. The van der Waals surface area contributed by atoms with Crippen LogP contribution in [-0.2, 0) is 0 Å². The Morgan fingerprint density at radius 3 is 2.48 bits per heavy atom. The van der Waals surface area contributed by atoms with Crippen LogP contribution in [0.3, 0.4) is 0 Å². The number of rotatable bonds is 5. The van der Waals surface area contributed by atoms with Crippen molar-refractivity contribution in [3.05, 3.63) is 68.8 Å². The number of nitro groups is 1. The van der Waals surface area contributed by atoms with E-state index in [1.807, 2.05) is 0 Å². The minimum absolute atomic E-state index is 0.0374. The summed E-state index contributed by atoms with van der Waals surface area (Å²) in [5.74, 6) is -2.50. The van der Waals surface area contributed by atoms with Crippen molar-refractivity contribution >= 4 is 11.5 Å². The van der Waals surface area contributed by atoms with Gasteiger partial charge in [-0.1, -0.05) is 0 Å². The maximum atomic E-state index is 13.1. The van der Waals surface area contributed by atoms with Crippen LogP contribution in [0.4, 0.5) is 14.5 Å². The highest BCUT2D eigenvalue weighted by Gasteiger charge is 2.18. The van der Waals surface area contributed by atoms with Gasteiger partial charge in [0.1, 0.15) is 5.75 Å². The Labute approximate surface area is 130 Å². The molecule has 120 valence electrons. The van der Waals surface area contributed by atoms with Gasteiger partial charge >= 0.3 is 0 Å². The van der Waals surface area contributed by atoms with Crippen LogP contribution in [0.1, 0.15) is 21.5 Å². The topological polar surface area (TPSA) is 69.4 Å². The summed E-state index contributed by atoms with van der Waals surface area (Å²) in [6, 6.07) is 5.66. The van der Waals surface area contributed by atoms with Crippen molar-refractivity contribution in [3.63, 3.8) is 0 Å². The lowest BCUT2D eigenvalue weighted by atomic mass is 10.1. The second kappa shape index (κ2) is 6.51. The molecule has 0 aliphatic heterocycles. The zero-order chi connectivity index (χ0) is 17.1. The summed E-state index contributed by atoms with van der Waals surface area (Å²) in [6.07, 6.45) is 0. The molecule has 0 spiro atoms. The van der Waals surface area contributed by atoms with Crippen molar-refractivity contribution < 1.29 is 23.2 Å². The molecule has 0 saturated carbocycles. The van der Waals surface area contributed by atoms with E-state index >= 15 is 0 Å². The quantitative estimate of drug-likeness (QED) is 0.478. The van der Waals surface area contributed by atoms with Crippen molar-refractivity contribution in [1.82, 2.24) is 0 Å². The number of benzene rings is 2. The fourth-order valence-corrected chi connectivity index (χ4v) is 2.13. The van der Waals surface area contributed by atoms with Gasteiger partial charge in [0.25, 0.3) is 5.69 Å². The van der Waals surface area contributed by atoms with Gasteiger partial charge in [-0.15, -0.1) is 0 Å². The standard InChI is InChI=1S/C16H13F2NO4/c1-9-3-6-14(19(21)22)10(2)16(9)23-8-15(20)11-4-5-12(17)13(18)7-11/h3-7H,8H2,1-2H3. The summed E-state index contributed by atoms with van der Waals surface area (Å²) >= 11 is 0. The highest BCUT2D eigenvalue weighted by atomic mass is 19.2. The SMILES string of the molecule is Cc1ccc([N+](=O)[O-])c(C)c1OCC(=O)c1ccc(F)c(F)c1. The Morgan fingerprint density at radius 2 is 1.87 bits per heavy atom. The minimum Gasteiger partial charge on any atom is -0.485 e. The summed E-state index contributed by atoms with van der Waals surface area (Å²) in [5, 5.41) is 10.9. The van der Waals surface area contributed by atoms with Crippen LogP contribution < -0.4 is 4.74 Å². The molecule has 2 rings (SSSR count). The second-order valence-electron chi connectivity index (χ2n) is 4.95. The summed E-state index contributed by atoms with van der Waals surface area (Å²) < 4.78 is 31.4. The summed E-state index contributed by atoms with van der Waals surface area (Å²) in [6.45, 7) is 2.77. The monoisotopic (exact) mass is 321 g/mol. The molecular formula is C16H13F2NO4. The number of halogens is 2. The molecule has 5 nitrogen and oxygen atoms in total. The molecule has 0 saturated heterocycles. The number of Topliss-reactive ketones (excluding diaryl/α,β-unsaturated/α-hetero) is 1. The third-order valence-corrected chi connectivity index (χ3v) is 3.36. The van der Waals surface area contributed by atoms with E-state index in [0.29, 0.717) is 11.1 Å². The van der Waals surface area contributed by atoms with Crippen LogP contribution >= 0.6 is 0 Å². The van der Waals surface area contributed by atoms with Gasteiger partial charge in [-0.25, -0.2) is 8.78 Å². The zero-order valence-corrected chi connectivity index (χ0v) is 12.4. The van der Waals surface area contributed by atoms with E-state index in [4.69, 9.17) is 4.74 Å². The number of carbonyl (C=O) groups excluding carboxylic acids is 1. The third-order valence-electron chi connectivity index (χ3n) is 3.36. The Kier molecular flexibility index (Phi) is 4.68. The molecule has 0 N–H and O–H groups in total. The van der Waals surface area contributed by atoms with E-state index in [1.165, 1.54) is 19.1 Å². The Bertz CT molecular complexity index is 790. The van der Waals surface area contributed by atoms with E-state index in [-0.39, 0.29) is 17.0 Å². The molecule has 2 aromatic carbocycles. The van der Waals surface area contributed by atoms with Crippen molar-refractivity contribution in [2.75, 3.05) is 6.61 Å². The normalized spacial score (nSPS) is 10.4. The smallest absolute Gasteiger partial charge is 0.276 e. The van der Waals surface area contributed by atoms with Crippen LogP contribution in [0, 0.1) is 35.6 Å². The predicted molar refractivity (Wildman–Crippen MR) is 78.8 cm³/mol.